The van der Waals surface area contributed by atoms with Crippen molar-refractivity contribution in [2.75, 3.05) is 10.6 Å². The summed E-state index contributed by atoms with van der Waals surface area (Å²) in [5.74, 6) is -0.438. The molecular formula is C15H11Cl2F3N2O2. The number of alkyl halides is 4. The molecule has 2 rings (SSSR count). The minimum atomic E-state index is -4.25. The molecule has 9 heteroatoms. The van der Waals surface area contributed by atoms with Crippen LogP contribution < -0.4 is 15.4 Å². The van der Waals surface area contributed by atoms with Crippen LogP contribution >= 0.6 is 23.2 Å². The predicted octanol–water partition coefficient (Wildman–Crippen LogP) is 5.49. The highest BCUT2D eigenvalue weighted by Gasteiger charge is 2.42. The molecule has 128 valence electrons. The van der Waals surface area contributed by atoms with Crippen molar-refractivity contribution >= 4 is 40.6 Å². The lowest BCUT2D eigenvalue weighted by Gasteiger charge is -2.20. The molecule has 2 aromatic rings. The van der Waals surface area contributed by atoms with Gasteiger partial charge in [-0.15, -0.1) is 0 Å². The first-order valence-corrected chi connectivity index (χ1v) is 7.37. The zero-order chi connectivity index (χ0) is 17.7. The SMILES string of the molecule is O=C(Nc1cccc(Cl)c1)Nc1ccccc1OC(F)(F)[C@H](F)Cl. The molecule has 2 N–H and O–H groups in total. The molecule has 0 saturated carbocycles. The van der Waals surface area contributed by atoms with Crippen molar-refractivity contribution in [3.05, 3.63) is 53.6 Å². The van der Waals surface area contributed by atoms with E-state index in [1.54, 1.807) is 18.2 Å². The summed E-state index contributed by atoms with van der Waals surface area (Å²) in [7, 11) is 0. The van der Waals surface area contributed by atoms with Crippen LogP contribution in [-0.2, 0) is 0 Å². The van der Waals surface area contributed by atoms with Crippen molar-refractivity contribution in [3.8, 4) is 5.75 Å². The summed E-state index contributed by atoms with van der Waals surface area (Å²) in [6, 6.07) is 10.9. The Morgan fingerprint density at radius 3 is 2.50 bits per heavy atom. The molecule has 0 heterocycles. The number of urea groups is 1. The first kappa shape index (κ1) is 18.2. The Hall–Kier alpha value is -2.12. The van der Waals surface area contributed by atoms with E-state index in [0.29, 0.717) is 10.7 Å². The number of halogens is 5. The molecule has 1 atom stereocenters. The van der Waals surface area contributed by atoms with Crippen molar-refractivity contribution in [1.82, 2.24) is 0 Å². The van der Waals surface area contributed by atoms with E-state index in [1.807, 2.05) is 0 Å². The number of benzene rings is 2. The van der Waals surface area contributed by atoms with E-state index < -0.39 is 23.5 Å². The van der Waals surface area contributed by atoms with Crippen LogP contribution in [0.15, 0.2) is 48.5 Å². The number of anilines is 2. The van der Waals surface area contributed by atoms with Gasteiger partial charge in [-0.3, -0.25) is 0 Å². The lowest BCUT2D eigenvalue weighted by Crippen LogP contribution is -2.33. The van der Waals surface area contributed by atoms with Gasteiger partial charge in [-0.2, -0.15) is 8.78 Å². The lowest BCUT2D eigenvalue weighted by atomic mass is 10.3. The Morgan fingerprint density at radius 1 is 1.12 bits per heavy atom. The molecule has 2 aromatic carbocycles. The second-order valence-electron chi connectivity index (χ2n) is 4.55. The van der Waals surface area contributed by atoms with Crippen LogP contribution in [0.5, 0.6) is 5.75 Å². The van der Waals surface area contributed by atoms with Gasteiger partial charge in [0.25, 0.3) is 5.63 Å². The van der Waals surface area contributed by atoms with Crippen molar-refractivity contribution in [2.45, 2.75) is 11.7 Å². The van der Waals surface area contributed by atoms with Gasteiger partial charge in [-0.1, -0.05) is 41.4 Å². The van der Waals surface area contributed by atoms with Crippen LogP contribution in [0, 0.1) is 0 Å². The number of rotatable bonds is 5. The van der Waals surface area contributed by atoms with Gasteiger partial charge in [0, 0.05) is 10.7 Å². The maximum absolute atomic E-state index is 13.3. The highest BCUT2D eigenvalue weighted by atomic mass is 35.5. The quantitative estimate of drug-likeness (QED) is 0.675. The van der Waals surface area contributed by atoms with Gasteiger partial charge in [-0.05, 0) is 30.3 Å². The highest BCUT2D eigenvalue weighted by molar-refractivity contribution is 6.30. The second-order valence-corrected chi connectivity index (χ2v) is 5.37. The Morgan fingerprint density at radius 2 is 1.83 bits per heavy atom. The van der Waals surface area contributed by atoms with E-state index >= 15 is 0 Å². The van der Waals surface area contributed by atoms with E-state index in [4.69, 9.17) is 23.2 Å². The minimum absolute atomic E-state index is 0.0889. The first-order valence-electron chi connectivity index (χ1n) is 6.55. The monoisotopic (exact) mass is 378 g/mol. The normalized spacial score (nSPS) is 12.4. The number of amides is 2. The Bertz CT molecular complexity index is 729. The summed E-state index contributed by atoms with van der Waals surface area (Å²) in [6.07, 6.45) is -4.25. The number of nitrogens with one attached hydrogen (secondary N) is 2. The molecule has 0 aliphatic carbocycles. The van der Waals surface area contributed by atoms with E-state index in [2.05, 4.69) is 15.4 Å². The maximum atomic E-state index is 13.3. The van der Waals surface area contributed by atoms with Crippen LogP contribution in [0.25, 0.3) is 0 Å². The third kappa shape index (κ3) is 4.94. The molecule has 24 heavy (non-hydrogen) atoms. The molecule has 0 aromatic heterocycles. The zero-order valence-corrected chi connectivity index (χ0v) is 13.4. The predicted molar refractivity (Wildman–Crippen MR) is 86.9 cm³/mol. The zero-order valence-electron chi connectivity index (χ0n) is 11.9. The molecule has 0 aliphatic heterocycles. The summed E-state index contributed by atoms with van der Waals surface area (Å²) in [6.45, 7) is 0. The molecular weight excluding hydrogens is 368 g/mol. The van der Waals surface area contributed by atoms with E-state index in [-0.39, 0.29) is 5.69 Å². The molecule has 0 unspecified atom stereocenters. The average Bonchev–Trinajstić information content (AvgIpc) is 2.48. The van der Waals surface area contributed by atoms with Gasteiger partial charge in [0.15, 0.2) is 0 Å². The summed E-state index contributed by atoms with van der Waals surface area (Å²) in [4.78, 5) is 11.9. The lowest BCUT2D eigenvalue weighted by molar-refractivity contribution is -0.198. The van der Waals surface area contributed by atoms with Crippen LogP contribution in [-0.4, -0.2) is 17.8 Å². The Balaban J connectivity index is 2.11. The van der Waals surface area contributed by atoms with Crippen LogP contribution in [0.4, 0.5) is 29.3 Å². The fourth-order valence-corrected chi connectivity index (χ4v) is 1.94. The molecule has 0 radical (unpaired) electrons. The van der Waals surface area contributed by atoms with Crippen molar-refractivity contribution in [1.29, 1.82) is 0 Å². The number of hydrogen-bond donors (Lipinski definition) is 2. The summed E-state index contributed by atoms with van der Waals surface area (Å²) in [5.41, 5.74) is -2.73. The smallest absolute Gasteiger partial charge is 0.427 e. The first-order chi connectivity index (χ1) is 11.3. The van der Waals surface area contributed by atoms with Gasteiger partial charge in [0.05, 0.1) is 5.69 Å². The summed E-state index contributed by atoms with van der Waals surface area (Å²) in [5, 5.41) is 5.20. The van der Waals surface area contributed by atoms with E-state index in [9.17, 15) is 18.0 Å². The third-order valence-electron chi connectivity index (χ3n) is 2.72. The van der Waals surface area contributed by atoms with E-state index in [1.165, 1.54) is 24.3 Å². The van der Waals surface area contributed by atoms with Crippen molar-refractivity contribution in [3.63, 3.8) is 0 Å². The van der Waals surface area contributed by atoms with Crippen LogP contribution in [0.1, 0.15) is 0 Å². The third-order valence-corrected chi connectivity index (χ3v) is 3.21. The molecule has 0 bridgehead atoms. The second kappa shape index (κ2) is 7.63. The number of carbonyl (C=O) groups excluding carboxylic acids is 1. The van der Waals surface area contributed by atoms with E-state index in [0.717, 1.165) is 6.07 Å². The van der Waals surface area contributed by atoms with Gasteiger partial charge >= 0.3 is 12.1 Å². The van der Waals surface area contributed by atoms with Crippen LogP contribution in [0.2, 0.25) is 5.02 Å². The Kier molecular flexibility index (Phi) is 5.80. The number of para-hydroxylation sites is 2. The average molecular weight is 379 g/mol. The number of carbonyl (C=O) groups is 1. The molecule has 0 saturated heterocycles. The molecule has 4 nitrogen and oxygen atoms in total. The minimum Gasteiger partial charge on any atom is -0.427 e. The van der Waals surface area contributed by atoms with Gasteiger partial charge in [0.1, 0.15) is 5.75 Å². The Labute approximate surface area is 145 Å². The van der Waals surface area contributed by atoms with Gasteiger partial charge in [0.2, 0.25) is 0 Å². The highest BCUT2D eigenvalue weighted by Crippen LogP contribution is 2.33. The molecule has 0 spiro atoms. The topological polar surface area (TPSA) is 50.4 Å². The fraction of sp³-hybridized carbons (Fsp3) is 0.133. The maximum Gasteiger partial charge on any atom is 0.444 e. The standard InChI is InChI=1S/C15H11Cl2F3N2O2/c16-9-4-3-5-10(8-9)21-14(23)22-11-6-1-2-7-12(11)24-15(19,20)13(17)18/h1-8,13H,(H2,21,22,23)/t13-/m0/s1. The van der Waals surface area contributed by atoms with Crippen LogP contribution in [0.3, 0.4) is 0 Å². The van der Waals surface area contributed by atoms with Gasteiger partial charge < -0.3 is 15.4 Å². The fourth-order valence-electron chi connectivity index (χ4n) is 1.70. The number of hydrogen-bond acceptors (Lipinski definition) is 2. The van der Waals surface area contributed by atoms with Gasteiger partial charge in [-0.25, -0.2) is 9.18 Å². The molecule has 0 fully saturated rings. The van der Waals surface area contributed by atoms with Crippen molar-refractivity contribution in [2.24, 2.45) is 0 Å². The summed E-state index contributed by atoms with van der Waals surface area (Å²) >= 11 is 10.5. The summed E-state index contributed by atoms with van der Waals surface area (Å²) < 4.78 is 43.5. The number of ether oxygens (including phenoxy) is 1. The molecule has 0 aliphatic rings. The molecule has 2 amide bonds. The largest absolute Gasteiger partial charge is 0.444 e. The van der Waals surface area contributed by atoms with Crippen molar-refractivity contribution < 1.29 is 22.7 Å².